The van der Waals surface area contributed by atoms with E-state index in [-0.39, 0.29) is 0 Å². The van der Waals surface area contributed by atoms with Crippen LogP contribution in [-0.2, 0) is 11.3 Å². The standard InChI is InChI=1S/C14H22N4OS/c1-5-19-7-6-18(4)8-11-16-13(15)12-9(2)10(3)20-14(12)17-11/h5-8H2,1-4H3,(H2,15,16,17). The molecule has 2 heterocycles. The highest BCUT2D eigenvalue weighted by molar-refractivity contribution is 7.18. The number of nitrogens with two attached hydrogens (primary N) is 1. The molecule has 0 aromatic carbocycles. The molecule has 0 aliphatic carbocycles. The summed E-state index contributed by atoms with van der Waals surface area (Å²) in [5, 5.41) is 1.01. The zero-order chi connectivity index (χ0) is 14.7. The lowest BCUT2D eigenvalue weighted by Crippen LogP contribution is -2.24. The van der Waals surface area contributed by atoms with Gasteiger partial charge in [0.1, 0.15) is 16.5 Å². The SMILES string of the molecule is CCOCCN(C)Cc1nc(N)c2c(C)c(C)sc2n1. The summed E-state index contributed by atoms with van der Waals surface area (Å²) in [5.74, 6) is 1.36. The highest BCUT2D eigenvalue weighted by Crippen LogP contribution is 2.31. The predicted octanol–water partition coefficient (Wildman–Crippen LogP) is 2.36. The van der Waals surface area contributed by atoms with Crippen molar-refractivity contribution < 1.29 is 4.74 Å². The number of rotatable bonds is 6. The van der Waals surface area contributed by atoms with E-state index in [9.17, 15) is 0 Å². The van der Waals surface area contributed by atoms with E-state index in [1.54, 1.807) is 11.3 Å². The Hall–Kier alpha value is -1.24. The third-order valence-electron chi connectivity index (χ3n) is 3.34. The van der Waals surface area contributed by atoms with Crippen LogP contribution in [0.4, 0.5) is 5.82 Å². The Labute approximate surface area is 123 Å². The fourth-order valence-corrected chi connectivity index (χ4v) is 3.14. The van der Waals surface area contributed by atoms with Gasteiger partial charge in [0.25, 0.3) is 0 Å². The highest BCUT2D eigenvalue weighted by Gasteiger charge is 2.13. The van der Waals surface area contributed by atoms with Crippen LogP contribution < -0.4 is 5.73 Å². The van der Waals surface area contributed by atoms with Crippen molar-refractivity contribution in [3.63, 3.8) is 0 Å². The first-order chi connectivity index (χ1) is 9.52. The van der Waals surface area contributed by atoms with Gasteiger partial charge in [0, 0.05) is 18.0 Å². The molecule has 5 nitrogen and oxygen atoms in total. The summed E-state index contributed by atoms with van der Waals surface area (Å²) in [7, 11) is 2.04. The first-order valence-corrected chi connectivity index (χ1v) is 7.63. The number of aryl methyl sites for hydroxylation is 2. The zero-order valence-electron chi connectivity index (χ0n) is 12.6. The van der Waals surface area contributed by atoms with E-state index in [1.807, 2.05) is 14.0 Å². The van der Waals surface area contributed by atoms with Crippen LogP contribution in [0.15, 0.2) is 0 Å². The fraction of sp³-hybridized carbons (Fsp3) is 0.571. The van der Waals surface area contributed by atoms with Gasteiger partial charge in [-0.05, 0) is 33.4 Å². The van der Waals surface area contributed by atoms with E-state index in [1.165, 1.54) is 10.4 Å². The Morgan fingerprint density at radius 2 is 2.05 bits per heavy atom. The van der Waals surface area contributed by atoms with Crippen LogP contribution in [0.25, 0.3) is 10.2 Å². The van der Waals surface area contributed by atoms with E-state index < -0.39 is 0 Å². The number of aromatic nitrogens is 2. The second kappa shape index (κ2) is 6.47. The van der Waals surface area contributed by atoms with Gasteiger partial charge in [-0.1, -0.05) is 0 Å². The first kappa shape index (κ1) is 15.2. The van der Waals surface area contributed by atoms with Crippen molar-refractivity contribution in [3.05, 3.63) is 16.3 Å². The average Bonchev–Trinajstić information content (AvgIpc) is 2.65. The molecule has 0 fully saturated rings. The quantitative estimate of drug-likeness (QED) is 0.829. The molecule has 0 aliphatic rings. The van der Waals surface area contributed by atoms with Crippen LogP contribution in [0.1, 0.15) is 23.2 Å². The van der Waals surface area contributed by atoms with Crippen molar-refractivity contribution in [2.24, 2.45) is 0 Å². The minimum absolute atomic E-state index is 0.588. The molecular formula is C14H22N4OS. The third kappa shape index (κ3) is 3.26. The molecule has 0 radical (unpaired) electrons. The molecule has 2 aromatic rings. The minimum atomic E-state index is 0.588. The predicted molar refractivity (Wildman–Crippen MR) is 84.1 cm³/mol. The number of nitrogens with zero attached hydrogens (tertiary/aromatic N) is 3. The van der Waals surface area contributed by atoms with Crippen molar-refractivity contribution in [2.45, 2.75) is 27.3 Å². The minimum Gasteiger partial charge on any atom is -0.383 e. The summed E-state index contributed by atoms with van der Waals surface area (Å²) in [6, 6.07) is 0. The van der Waals surface area contributed by atoms with Gasteiger partial charge in [-0.25, -0.2) is 9.97 Å². The molecule has 0 spiro atoms. The van der Waals surface area contributed by atoms with E-state index in [2.05, 4.69) is 28.7 Å². The fourth-order valence-electron chi connectivity index (χ4n) is 2.08. The Balaban J connectivity index is 2.15. The van der Waals surface area contributed by atoms with Crippen LogP contribution in [-0.4, -0.2) is 41.7 Å². The van der Waals surface area contributed by atoms with E-state index in [0.29, 0.717) is 12.4 Å². The van der Waals surface area contributed by atoms with Gasteiger partial charge in [-0.3, -0.25) is 4.90 Å². The Kier molecular flexibility index (Phi) is 4.91. The second-order valence-electron chi connectivity index (χ2n) is 4.92. The molecular weight excluding hydrogens is 272 g/mol. The van der Waals surface area contributed by atoms with Gasteiger partial charge < -0.3 is 10.5 Å². The largest absolute Gasteiger partial charge is 0.383 e. The number of hydrogen-bond donors (Lipinski definition) is 1. The molecule has 6 heteroatoms. The lowest BCUT2D eigenvalue weighted by atomic mass is 10.2. The molecule has 0 saturated heterocycles. The number of anilines is 1. The first-order valence-electron chi connectivity index (χ1n) is 6.81. The summed E-state index contributed by atoms with van der Waals surface area (Å²) >= 11 is 1.68. The summed E-state index contributed by atoms with van der Waals surface area (Å²) in [5.41, 5.74) is 7.27. The highest BCUT2D eigenvalue weighted by atomic mass is 32.1. The van der Waals surface area contributed by atoms with Crippen LogP contribution >= 0.6 is 11.3 Å². The van der Waals surface area contributed by atoms with Crippen LogP contribution in [0.5, 0.6) is 0 Å². The molecule has 0 amide bonds. The van der Waals surface area contributed by atoms with Crippen molar-refractivity contribution in [3.8, 4) is 0 Å². The zero-order valence-corrected chi connectivity index (χ0v) is 13.4. The molecule has 2 aromatic heterocycles. The number of nitrogen functional groups attached to an aromatic ring is 1. The molecule has 2 N–H and O–H groups in total. The molecule has 0 saturated carbocycles. The van der Waals surface area contributed by atoms with Crippen LogP contribution in [0.2, 0.25) is 0 Å². The molecule has 0 bridgehead atoms. The number of fused-ring (bicyclic) bond motifs is 1. The second-order valence-corrected chi connectivity index (χ2v) is 6.13. The molecule has 0 atom stereocenters. The number of hydrogen-bond acceptors (Lipinski definition) is 6. The summed E-state index contributed by atoms with van der Waals surface area (Å²) < 4.78 is 5.35. The number of likely N-dealkylation sites (N-methyl/N-ethyl adjacent to an activating group) is 1. The molecule has 0 aliphatic heterocycles. The van der Waals surface area contributed by atoms with Gasteiger partial charge in [-0.2, -0.15) is 0 Å². The maximum absolute atomic E-state index is 6.08. The normalized spacial score (nSPS) is 11.7. The van der Waals surface area contributed by atoms with Crippen LogP contribution in [0, 0.1) is 13.8 Å². The molecule has 20 heavy (non-hydrogen) atoms. The van der Waals surface area contributed by atoms with Gasteiger partial charge in [0.2, 0.25) is 0 Å². The van der Waals surface area contributed by atoms with E-state index >= 15 is 0 Å². The monoisotopic (exact) mass is 294 g/mol. The van der Waals surface area contributed by atoms with E-state index in [4.69, 9.17) is 10.5 Å². The van der Waals surface area contributed by atoms with Crippen molar-refractivity contribution in [2.75, 3.05) is 32.5 Å². The number of thiophene rings is 1. The molecule has 2 rings (SSSR count). The summed E-state index contributed by atoms with van der Waals surface area (Å²) in [6.07, 6.45) is 0. The Morgan fingerprint density at radius 3 is 2.75 bits per heavy atom. The Morgan fingerprint density at radius 1 is 1.30 bits per heavy atom. The van der Waals surface area contributed by atoms with Gasteiger partial charge in [-0.15, -0.1) is 11.3 Å². The number of ether oxygens (including phenoxy) is 1. The van der Waals surface area contributed by atoms with E-state index in [0.717, 1.165) is 35.8 Å². The summed E-state index contributed by atoms with van der Waals surface area (Å²) in [4.78, 5) is 13.4. The summed E-state index contributed by atoms with van der Waals surface area (Å²) in [6.45, 7) is 9.18. The maximum Gasteiger partial charge on any atom is 0.146 e. The maximum atomic E-state index is 6.08. The topological polar surface area (TPSA) is 64.3 Å². The van der Waals surface area contributed by atoms with Gasteiger partial charge in [0.15, 0.2) is 0 Å². The van der Waals surface area contributed by atoms with Gasteiger partial charge in [0.05, 0.1) is 18.5 Å². The molecule has 110 valence electrons. The van der Waals surface area contributed by atoms with Gasteiger partial charge >= 0.3 is 0 Å². The average molecular weight is 294 g/mol. The lowest BCUT2D eigenvalue weighted by molar-refractivity contribution is 0.119. The van der Waals surface area contributed by atoms with Crippen molar-refractivity contribution in [1.29, 1.82) is 0 Å². The smallest absolute Gasteiger partial charge is 0.146 e. The van der Waals surface area contributed by atoms with Crippen molar-refractivity contribution >= 4 is 27.4 Å². The lowest BCUT2D eigenvalue weighted by Gasteiger charge is -2.15. The Bertz CT molecular complexity index is 596. The molecule has 0 unspecified atom stereocenters. The third-order valence-corrected chi connectivity index (χ3v) is 4.44. The van der Waals surface area contributed by atoms with Crippen LogP contribution in [0.3, 0.4) is 0 Å². The van der Waals surface area contributed by atoms with Crippen molar-refractivity contribution in [1.82, 2.24) is 14.9 Å².